The fraction of sp³-hybridized carbons (Fsp3) is 0.300. The molecule has 5 nitrogen and oxygen atoms in total. The van der Waals surface area contributed by atoms with Gasteiger partial charge in [0.25, 0.3) is 0 Å². The van der Waals surface area contributed by atoms with E-state index in [1.165, 1.54) is 19.3 Å². The third-order valence-electron chi connectivity index (χ3n) is 4.87. The Morgan fingerprint density at radius 3 is 2.52 bits per heavy atom. The van der Waals surface area contributed by atoms with Crippen molar-refractivity contribution in [3.8, 4) is 11.4 Å². The number of nitrogens with two attached hydrogens (primary N) is 1. The SMILES string of the molecule is Nc1ccc(-c2nc3ccccc3n2C(=O)NC2CCCCC2)cc1. The number of aromatic nitrogens is 2. The number of carbonyl (C=O) groups is 1. The summed E-state index contributed by atoms with van der Waals surface area (Å²) in [6.07, 6.45) is 5.73. The topological polar surface area (TPSA) is 72.9 Å². The first-order chi connectivity index (χ1) is 12.2. The van der Waals surface area contributed by atoms with Gasteiger partial charge in [0.15, 0.2) is 0 Å². The molecule has 0 saturated heterocycles. The van der Waals surface area contributed by atoms with Crippen molar-refractivity contribution in [3.63, 3.8) is 0 Å². The van der Waals surface area contributed by atoms with Gasteiger partial charge in [-0.3, -0.25) is 0 Å². The lowest BCUT2D eigenvalue weighted by Gasteiger charge is -2.23. The van der Waals surface area contributed by atoms with Gasteiger partial charge in [-0.2, -0.15) is 0 Å². The molecule has 1 aliphatic carbocycles. The van der Waals surface area contributed by atoms with Gasteiger partial charge in [0.1, 0.15) is 5.82 Å². The predicted molar refractivity (Wildman–Crippen MR) is 100 cm³/mol. The number of hydrogen-bond acceptors (Lipinski definition) is 3. The first-order valence-corrected chi connectivity index (χ1v) is 8.86. The van der Waals surface area contributed by atoms with Crippen molar-refractivity contribution in [2.45, 2.75) is 38.1 Å². The Kier molecular flexibility index (Phi) is 4.14. The van der Waals surface area contributed by atoms with Crippen molar-refractivity contribution in [3.05, 3.63) is 48.5 Å². The van der Waals surface area contributed by atoms with Crippen LogP contribution in [-0.4, -0.2) is 21.6 Å². The van der Waals surface area contributed by atoms with Gasteiger partial charge in [-0.1, -0.05) is 31.4 Å². The Bertz CT molecular complexity index is 892. The molecule has 1 amide bonds. The van der Waals surface area contributed by atoms with Crippen LogP contribution in [0.25, 0.3) is 22.4 Å². The van der Waals surface area contributed by atoms with E-state index in [1.807, 2.05) is 48.5 Å². The van der Waals surface area contributed by atoms with Gasteiger partial charge >= 0.3 is 6.03 Å². The number of para-hydroxylation sites is 2. The molecule has 1 aromatic heterocycles. The molecule has 25 heavy (non-hydrogen) atoms. The van der Waals surface area contributed by atoms with Gasteiger partial charge in [0.2, 0.25) is 0 Å². The van der Waals surface area contributed by atoms with Crippen LogP contribution in [0.1, 0.15) is 32.1 Å². The standard InChI is InChI=1S/C20H22N4O/c21-15-12-10-14(11-13-15)19-23-17-8-4-5-9-18(17)24(19)20(25)22-16-6-2-1-3-7-16/h4-5,8-13,16H,1-3,6-7,21H2,(H,22,25). The van der Waals surface area contributed by atoms with Crippen LogP contribution in [0, 0.1) is 0 Å². The van der Waals surface area contributed by atoms with Crippen molar-refractivity contribution in [1.29, 1.82) is 0 Å². The third kappa shape index (κ3) is 3.09. The summed E-state index contributed by atoms with van der Waals surface area (Å²) in [5.41, 5.74) is 9.00. The maximum Gasteiger partial charge on any atom is 0.328 e. The maximum atomic E-state index is 13.0. The predicted octanol–water partition coefficient (Wildman–Crippen LogP) is 4.18. The number of nitrogens with zero attached hydrogens (tertiary/aromatic N) is 2. The zero-order valence-corrected chi connectivity index (χ0v) is 14.1. The van der Waals surface area contributed by atoms with Crippen LogP contribution in [-0.2, 0) is 0 Å². The number of fused-ring (bicyclic) bond motifs is 1. The number of anilines is 1. The number of nitrogen functional groups attached to an aromatic ring is 1. The molecule has 2 aromatic carbocycles. The lowest BCUT2D eigenvalue weighted by Crippen LogP contribution is -2.39. The molecule has 1 aliphatic rings. The second kappa shape index (κ2) is 6.59. The minimum Gasteiger partial charge on any atom is -0.399 e. The molecule has 0 bridgehead atoms. The van der Waals surface area contributed by atoms with Gasteiger partial charge in [-0.15, -0.1) is 0 Å². The molecule has 3 N–H and O–H groups in total. The van der Waals surface area contributed by atoms with E-state index in [2.05, 4.69) is 10.3 Å². The van der Waals surface area contributed by atoms with Gasteiger partial charge < -0.3 is 11.1 Å². The molecule has 0 atom stereocenters. The fourth-order valence-corrected chi connectivity index (χ4v) is 3.54. The van der Waals surface area contributed by atoms with Crippen LogP contribution in [0.15, 0.2) is 48.5 Å². The average Bonchev–Trinajstić information content (AvgIpc) is 3.03. The Morgan fingerprint density at radius 2 is 1.76 bits per heavy atom. The highest BCUT2D eigenvalue weighted by atomic mass is 16.2. The zero-order chi connectivity index (χ0) is 17.2. The van der Waals surface area contributed by atoms with Crippen molar-refractivity contribution < 1.29 is 4.79 Å². The molecule has 1 heterocycles. The lowest BCUT2D eigenvalue weighted by atomic mass is 9.96. The van der Waals surface area contributed by atoms with Gasteiger partial charge in [0.05, 0.1) is 11.0 Å². The van der Waals surface area contributed by atoms with Crippen LogP contribution < -0.4 is 11.1 Å². The number of imidazole rings is 1. The number of benzene rings is 2. The zero-order valence-electron chi connectivity index (χ0n) is 14.1. The number of amides is 1. The molecule has 3 aromatic rings. The fourth-order valence-electron chi connectivity index (χ4n) is 3.54. The molecule has 5 heteroatoms. The van der Waals surface area contributed by atoms with E-state index in [4.69, 9.17) is 5.73 Å². The quantitative estimate of drug-likeness (QED) is 0.691. The second-order valence-corrected chi connectivity index (χ2v) is 6.67. The highest BCUT2D eigenvalue weighted by Gasteiger charge is 2.21. The summed E-state index contributed by atoms with van der Waals surface area (Å²) in [7, 11) is 0. The average molecular weight is 334 g/mol. The molecule has 1 fully saturated rings. The third-order valence-corrected chi connectivity index (χ3v) is 4.87. The summed E-state index contributed by atoms with van der Waals surface area (Å²) < 4.78 is 1.69. The van der Waals surface area contributed by atoms with Crippen LogP contribution in [0.5, 0.6) is 0 Å². The maximum absolute atomic E-state index is 13.0. The van der Waals surface area contributed by atoms with Gasteiger partial charge in [-0.05, 0) is 49.2 Å². The minimum absolute atomic E-state index is 0.104. The van der Waals surface area contributed by atoms with Crippen LogP contribution in [0.2, 0.25) is 0 Å². The van der Waals surface area contributed by atoms with Crippen molar-refractivity contribution in [1.82, 2.24) is 14.9 Å². The summed E-state index contributed by atoms with van der Waals surface area (Å²) in [5.74, 6) is 0.648. The van der Waals surface area contributed by atoms with Crippen LogP contribution in [0.3, 0.4) is 0 Å². The number of nitrogens with one attached hydrogen (secondary N) is 1. The van der Waals surface area contributed by atoms with Crippen LogP contribution >= 0.6 is 0 Å². The van der Waals surface area contributed by atoms with E-state index >= 15 is 0 Å². The molecular formula is C20H22N4O. The monoisotopic (exact) mass is 334 g/mol. The Morgan fingerprint density at radius 1 is 1.04 bits per heavy atom. The Hall–Kier alpha value is -2.82. The molecule has 0 unspecified atom stereocenters. The highest BCUT2D eigenvalue weighted by Crippen LogP contribution is 2.26. The molecular weight excluding hydrogens is 312 g/mol. The van der Waals surface area contributed by atoms with Crippen LogP contribution in [0.4, 0.5) is 10.5 Å². The largest absolute Gasteiger partial charge is 0.399 e. The van der Waals surface area contributed by atoms with E-state index in [9.17, 15) is 4.79 Å². The lowest BCUT2D eigenvalue weighted by molar-refractivity contribution is 0.235. The molecule has 0 aliphatic heterocycles. The summed E-state index contributed by atoms with van der Waals surface area (Å²) in [6.45, 7) is 0. The molecule has 1 saturated carbocycles. The first-order valence-electron chi connectivity index (χ1n) is 8.86. The van der Waals surface area contributed by atoms with Gasteiger partial charge in [0, 0.05) is 17.3 Å². The summed E-state index contributed by atoms with van der Waals surface area (Å²) in [5, 5.41) is 3.19. The summed E-state index contributed by atoms with van der Waals surface area (Å²) in [6, 6.07) is 15.4. The number of rotatable bonds is 2. The van der Waals surface area contributed by atoms with E-state index in [1.54, 1.807) is 4.57 Å². The van der Waals surface area contributed by atoms with Crippen molar-refractivity contribution in [2.75, 3.05) is 5.73 Å². The molecule has 0 spiro atoms. The molecule has 4 rings (SSSR count). The normalized spacial score (nSPS) is 15.4. The summed E-state index contributed by atoms with van der Waals surface area (Å²) >= 11 is 0. The summed E-state index contributed by atoms with van der Waals surface area (Å²) in [4.78, 5) is 17.7. The minimum atomic E-state index is -0.104. The smallest absolute Gasteiger partial charge is 0.328 e. The molecule has 0 radical (unpaired) electrons. The van der Waals surface area contributed by atoms with E-state index in [-0.39, 0.29) is 12.1 Å². The Labute approximate surface area is 146 Å². The van der Waals surface area contributed by atoms with Gasteiger partial charge in [-0.25, -0.2) is 14.3 Å². The van der Waals surface area contributed by atoms with E-state index < -0.39 is 0 Å². The number of carbonyl (C=O) groups excluding carboxylic acids is 1. The second-order valence-electron chi connectivity index (χ2n) is 6.67. The van der Waals surface area contributed by atoms with E-state index in [0.29, 0.717) is 11.5 Å². The number of hydrogen-bond donors (Lipinski definition) is 2. The van der Waals surface area contributed by atoms with Crippen molar-refractivity contribution >= 4 is 22.8 Å². The van der Waals surface area contributed by atoms with Crippen molar-refractivity contribution in [2.24, 2.45) is 0 Å². The Balaban J connectivity index is 1.76. The first kappa shape index (κ1) is 15.7. The highest BCUT2D eigenvalue weighted by molar-refractivity contribution is 5.94. The molecule has 128 valence electrons. The van der Waals surface area contributed by atoms with E-state index in [0.717, 1.165) is 29.4 Å².